The standard InChI is InChI=1S/C9H8BrNO/c1-11-5-6(10)9-7(11)3-2-4-8(9)12/h2-5,12H,1H3. The lowest BCUT2D eigenvalue weighted by Gasteiger charge is -1.96. The maximum absolute atomic E-state index is 9.52. The Kier molecular flexibility index (Phi) is 1.61. The fourth-order valence-electron chi connectivity index (χ4n) is 1.37. The van der Waals surface area contributed by atoms with E-state index in [1.807, 2.05) is 29.9 Å². The number of phenols is 1. The number of aromatic hydroxyl groups is 1. The number of hydrogen-bond donors (Lipinski definition) is 1. The summed E-state index contributed by atoms with van der Waals surface area (Å²) in [6.45, 7) is 0. The second-order valence-electron chi connectivity index (χ2n) is 2.76. The van der Waals surface area contributed by atoms with Crippen LogP contribution in [0.1, 0.15) is 0 Å². The van der Waals surface area contributed by atoms with Crippen molar-refractivity contribution in [2.45, 2.75) is 0 Å². The number of halogens is 1. The highest BCUT2D eigenvalue weighted by molar-refractivity contribution is 9.10. The van der Waals surface area contributed by atoms with Gasteiger partial charge in [0, 0.05) is 17.7 Å². The summed E-state index contributed by atoms with van der Waals surface area (Å²) in [4.78, 5) is 0. The minimum Gasteiger partial charge on any atom is -0.507 e. The minimum absolute atomic E-state index is 0.319. The van der Waals surface area contributed by atoms with E-state index in [1.54, 1.807) is 6.07 Å². The largest absolute Gasteiger partial charge is 0.507 e. The van der Waals surface area contributed by atoms with E-state index in [0.29, 0.717) is 5.75 Å². The Bertz CT molecular complexity index is 433. The summed E-state index contributed by atoms with van der Waals surface area (Å²) in [7, 11) is 1.95. The van der Waals surface area contributed by atoms with Crippen LogP contribution < -0.4 is 0 Å². The Hall–Kier alpha value is -0.960. The van der Waals surface area contributed by atoms with Crippen molar-refractivity contribution in [3.63, 3.8) is 0 Å². The van der Waals surface area contributed by atoms with Crippen LogP contribution in [0.4, 0.5) is 0 Å². The molecule has 0 aliphatic carbocycles. The van der Waals surface area contributed by atoms with Crippen LogP contribution in [0.25, 0.3) is 10.9 Å². The van der Waals surface area contributed by atoms with Crippen LogP contribution in [0.2, 0.25) is 0 Å². The Morgan fingerprint density at radius 2 is 2.17 bits per heavy atom. The van der Waals surface area contributed by atoms with Crippen molar-refractivity contribution >= 4 is 26.8 Å². The van der Waals surface area contributed by atoms with Crippen LogP contribution in [0.5, 0.6) is 5.75 Å². The van der Waals surface area contributed by atoms with Crippen LogP contribution in [0.15, 0.2) is 28.9 Å². The monoisotopic (exact) mass is 225 g/mol. The molecule has 2 nitrogen and oxygen atoms in total. The van der Waals surface area contributed by atoms with E-state index >= 15 is 0 Å². The molecule has 0 saturated heterocycles. The summed E-state index contributed by atoms with van der Waals surface area (Å²) in [5.74, 6) is 0.319. The first-order valence-corrected chi connectivity index (χ1v) is 4.42. The number of nitrogens with zero attached hydrogens (tertiary/aromatic N) is 1. The molecule has 62 valence electrons. The third kappa shape index (κ3) is 0.932. The van der Waals surface area contributed by atoms with Crippen LogP contribution in [-0.4, -0.2) is 9.67 Å². The minimum atomic E-state index is 0.319. The zero-order chi connectivity index (χ0) is 8.72. The van der Waals surface area contributed by atoms with Crippen LogP contribution in [0, 0.1) is 0 Å². The van der Waals surface area contributed by atoms with Gasteiger partial charge in [0.25, 0.3) is 0 Å². The molecule has 1 aromatic heterocycles. The van der Waals surface area contributed by atoms with Gasteiger partial charge in [0.1, 0.15) is 5.75 Å². The maximum atomic E-state index is 9.52. The van der Waals surface area contributed by atoms with Crippen molar-refractivity contribution < 1.29 is 5.11 Å². The van der Waals surface area contributed by atoms with Gasteiger partial charge < -0.3 is 9.67 Å². The molecule has 0 radical (unpaired) electrons. The third-order valence-electron chi connectivity index (χ3n) is 1.95. The molecular weight excluding hydrogens is 218 g/mol. The number of aromatic nitrogens is 1. The number of rotatable bonds is 0. The highest BCUT2D eigenvalue weighted by Gasteiger charge is 2.06. The van der Waals surface area contributed by atoms with E-state index in [-0.39, 0.29) is 0 Å². The lowest BCUT2D eigenvalue weighted by Crippen LogP contribution is -1.82. The van der Waals surface area contributed by atoms with Crippen LogP contribution in [-0.2, 0) is 7.05 Å². The van der Waals surface area contributed by atoms with Gasteiger partial charge in [-0.25, -0.2) is 0 Å². The van der Waals surface area contributed by atoms with Gasteiger partial charge in [0.2, 0.25) is 0 Å². The zero-order valence-electron chi connectivity index (χ0n) is 6.58. The third-order valence-corrected chi connectivity index (χ3v) is 2.55. The van der Waals surface area contributed by atoms with Crippen molar-refractivity contribution in [1.29, 1.82) is 0 Å². The number of hydrogen-bond acceptors (Lipinski definition) is 1. The highest BCUT2D eigenvalue weighted by Crippen LogP contribution is 2.32. The first kappa shape index (κ1) is 7.68. The van der Waals surface area contributed by atoms with E-state index in [9.17, 15) is 5.11 Å². The summed E-state index contributed by atoms with van der Waals surface area (Å²) in [5.41, 5.74) is 1.03. The SMILES string of the molecule is Cn1cc(Br)c2c(O)cccc21. The van der Waals surface area contributed by atoms with Crippen molar-refractivity contribution in [3.05, 3.63) is 28.9 Å². The summed E-state index contributed by atoms with van der Waals surface area (Å²) < 4.78 is 2.90. The molecule has 3 heteroatoms. The molecule has 0 aliphatic rings. The van der Waals surface area contributed by atoms with Crippen LogP contribution >= 0.6 is 15.9 Å². The average molecular weight is 226 g/mol. The fourth-order valence-corrected chi connectivity index (χ4v) is 2.08. The smallest absolute Gasteiger partial charge is 0.126 e. The second kappa shape index (κ2) is 2.52. The van der Waals surface area contributed by atoms with Crippen molar-refractivity contribution in [2.24, 2.45) is 7.05 Å². The van der Waals surface area contributed by atoms with E-state index in [1.165, 1.54) is 0 Å². The predicted molar refractivity (Wildman–Crippen MR) is 52.3 cm³/mol. The first-order valence-electron chi connectivity index (χ1n) is 3.62. The van der Waals surface area contributed by atoms with Crippen molar-refractivity contribution in [3.8, 4) is 5.75 Å². The van der Waals surface area contributed by atoms with Gasteiger partial charge in [-0.3, -0.25) is 0 Å². The average Bonchev–Trinajstić information content (AvgIpc) is 2.29. The summed E-state index contributed by atoms with van der Waals surface area (Å²) in [6.07, 6.45) is 1.93. The van der Waals surface area contributed by atoms with Gasteiger partial charge in [-0.15, -0.1) is 0 Å². The van der Waals surface area contributed by atoms with E-state index in [0.717, 1.165) is 15.4 Å². The molecule has 12 heavy (non-hydrogen) atoms. The topological polar surface area (TPSA) is 25.2 Å². The molecule has 0 bridgehead atoms. The quantitative estimate of drug-likeness (QED) is 0.733. The van der Waals surface area contributed by atoms with Crippen molar-refractivity contribution in [1.82, 2.24) is 4.57 Å². The zero-order valence-corrected chi connectivity index (χ0v) is 8.17. The normalized spacial score (nSPS) is 10.8. The molecule has 0 spiro atoms. The summed E-state index contributed by atoms with van der Waals surface area (Å²) in [5, 5.41) is 10.4. The van der Waals surface area contributed by atoms with Crippen molar-refractivity contribution in [2.75, 3.05) is 0 Å². The van der Waals surface area contributed by atoms with Crippen LogP contribution in [0.3, 0.4) is 0 Å². The van der Waals surface area contributed by atoms with Gasteiger partial charge in [0.15, 0.2) is 0 Å². The molecule has 1 aromatic carbocycles. The van der Waals surface area contributed by atoms with Gasteiger partial charge in [-0.05, 0) is 28.1 Å². The molecular formula is C9H8BrNO. The molecule has 0 unspecified atom stereocenters. The molecule has 0 fully saturated rings. The number of fused-ring (bicyclic) bond motifs is 1. The molecule has 1 N–H and O–H groups in total. The lowest BCUT2D eigenvalue weighted by atomic mass is 10.2. The molecule has 0 aliphatic heterocycles. The van der Waals surface area contributed by atoms with E-state index in [4.69, 9.17) is 0 Å². The maximum Gasteiger partial charge on any atom is 0.126 e. The van der Waals surface area contributed by atoms with Gasteiger partial charge in [-0.2, -0.15) is 0 Å². The number of aryl methyl sites for hydroxylation is 1. The fraction of sp³-hybridized carbons (Fsp3) is 0.111. The van der Waals surface area contributed by atoms with E-state index in [2.05, 4.69) is 15.9 Å². The summed E-state index contributed by atoms with van der Waals surface area (Å²) in [6, 6.07) is 5.50. The Morgan fingerprint density at radius 3 is 2.83 bits per heavy atom. The molecule has 2 aromatic rings. The van der Waals surface area contributed by atoms with Gasteiger partial charge >= 0.3 is 0 Å². The molecule has 0 amide bonds. The van der Waals surface area contributed by atoms with E-state index < -0.39 is 0 Å². The molecule has 2 rings (SSSR count). The summed E-state index contributed by atoms with van der Waals surface area (Å²) >= 11 is 3.39. The molecule has 0 saturated carbocycles. The highest BCUT2D eigenvalue weighted by atomic mass is 79.9. The Morgan fingerprint density at radius 1 is 1.42 bits per heavy atom. The van der Waals surface area contributed by atoms with Gasteiger partial charge in [-0.1, -0.05) is 6.07 Å². The second-order valence-corrected chi connectivity index (χ2v) is 3.61. The number of phenolic OH excluding ortho intramolecular Hbond substituents is 1. The number of benzene rings is 1. The lowest BCUT2D eigenvalue weighted by molar-refractivity contribution is 0.481. The Labute approximate surface area is 78.6 Å². The van der Waals surface area contributed by atoms with Gasteiger partial charge in [0.05, 0.1) is 10.9 Å². The molecule has 0 atom stereocenters. The predicted octanol–water partition coefficient (Wildman–Crippen LogP) is 2.65. The Balaban J connectivity index is 2.99. The first-order chi connectivity index (χ1) is 5.70. The molecule has 1 heterocycles.